The lowest BCUT2D eigenvalue weighted by atomic mass is 10.1. The van der Waals surface area contributed by atoms with Crippen molar-refractivity contribution in [3.05, 3.63) is 59.2 Å². The number of rotatable bonds is 9. The summed E-state index contributed by atoms with van der Waals surface area (Å²) in [5, 5.41) is 2.83. The molecule has 0 saturated carbocycles. The van der Waals surface area contributed by atoms with Gasteiger partial charge in [0.1, 0.15) is 0 Å². The zero-order valence-corrected chi connectivity index (χ0v) is 16.8. The third-order valence-corrected chi connectivity index (χ3v) is 4.43. The molecular formula is C22H27NO5. The molecule has 1 N–H and O–H groups in total. The second-order valence-electron chi connectivity index (χ2n) is 6.41. The molecule has 0 aliphatic rings. The van der Waals surface area contributed by atoms with Crippen molar-refractivity contribution in [2.45, 2.75) is 32.7 Å². The maximum atomic E-state index is 12.1. The first-order chi connectivity index (χ1) is 13.5. The van der Waals surface area contributed by atoms with Crippen LogP contribution in [0.25, 0.3) is 0 Å². The number of benzene rings is 2. The number of esters is 1. The molecule has 2 aromatic carbocycles. The summed E-state index contributed by atoms with van der Waals surface area (Å²) in [6, 6.07) is 13.1. The van der Waals surface area contributed by atoms with Crippen molar-refractivity contribution in [1.29, 1.82) is 0 Å². The van der Waals surface area contributed by atoms with E-state index in [-0.39, 0.29) is 25.0 Å². The lowest BCUT2D eigenvalue weighted by molar-refractivity contribution is -0.148. The van der Waals surface area contributed by atoms with Gasteiger partial charge in [0.05, 0.1) is 26.7 Å². The Morgan fingerprint density at radius 1 is 0.964 bits per heavy atom. The minimum atomic E-state index is -0.484. The zero-order valence-electron chi connectivity index (χ0n) is 16.8. The Hall–Kier alpha value is -3.02. The lowest BCUT2D eigenvalue weighted by Crippen LogP contribution is -2.31. The molecule has 0 saturated heterocycles. The van der Waals surface area contributed by atoms with Gasteiger partial charge in [-0.1, -0.05) is 37.3 Å². The number of amides is 1. The van der Waals surface area contributed by atoms with Gasteiger partial charge in [0, 0.05) is 0 Å². The van der Waals surface area contributed by atoms with Crippen LogP contribution in [0.5, 0.6) is 11.5 Å². The Bertz CT molecular complexity index is 801. The number of hydrogen-bond acceptors (Lipinski definition) is 5. The van der Waals surface area contributed by atoms with Crippen molar-refractivity contribution >= 4 is 11.9 Å². The Morgan fingerprint density at radius 3 is 2.21 bits per heavy atom. The van der Waals surface area contributed by atoms with Gasteiger partial charge in [-0.25, -0.2) is 0 Å². The first kappa shape index (κ1) is 21.3. The van der Waals surface area contributed by atoms with Crippen LogP contribution in [-0.4, -0.2) is 32.7 Å². The molecule has 1 atom stereocenters. The Morgan fingerprint density at radius 2 is 1.61 bits per heavy atom. The lowest BCUT2D eigenvalue weighted by Gasteiger charge is -2.15. The van der Waals surface area contributed by atoms with Crippen LogP contribution in [-0.2, 0) is 27.2 Å². The van der Waals surface area contributed by atoms with Gasteiger partial charge < -0.3 is 19.5 Å². The summed E-state index contributed by atoms with van der Waals surface area (Å²) >= 11 is 0. The molecule has 0 spiro atoms. The fraction of sp³-hybridized carbons (Fsp3) is 0.364. The summed E-state index contributed by atoms with van der Waals surface area (Å²) in [7, 11) is 3.07. The van der Waals surface area contributed by atoms with Crippen LogP contribution in [0.3, 0.4) is 0 Å². The molecule has 6 nitrogen and oxygen atoms in total. The monoisotopic (exact) mass is 385 g/mol. The van der Waals surface area contributed by atoms with Gasteiger partial charge in [-0.2, -0.15) is 0 Å². The van der Waals surface area contributed by atoms with Crippen molar-refractivity contribution in [3.63, 3.8) is 0 Å². The molecule has 0 fully saturated rings. The van der Waals surface area contributed by atoms with E-state index >= 15 is 0 Å². The van der Waals surface area contributed by atoms with Crippen LogP contribution in [0.1, 0.15) is 36.6 Å². The first-order valence-electron chi connectivity index (χ1n) is 9.21. The first-order valence-corrected chi connectivity index (χ1v) is 9.21. The third kappa shape index (κ3) is 6.01. The molecule has 0 heterocycles. The maximum Gasteiger partial charge on any atom is 0.310 e. The van der Waals surface area contributed by atoms with Gasteiger partial charge in [0.15, 0.2) is 18.1 Å². The molecule has 0 aromatic heterocycles. The molecule has 1 unspecified atom stereocenters. The molecular weight excluding hydrogens is 358 g/mol. The van der Waals surface area contributed by atoms with Crippen molar-refractivity contribution < 1.29 is 23.8 Å². The van der Waals surface area contributed by atoms with E-state index in [0.717, 1.165) is 12.0 Å². The third-order valence-electron chi connectivity index (χ3n) is 4.43. The van der Waals surface area contributed by atoms with E-state index in [1.807, 2.05) is 31.2 Å². The molecule has 150 valence electrons. The van der Waals surface area contributed by atoms with E-state index in [4.69, 9.17) is 14.2 Å². The van der Waals surface area contributed by atoms with Gasteiger partial charge in [0.25, 0.3) is 5.91 Å². The van der Waals surface area contributed by atoms with Crippen LogP contribution in [0.4, 0.5) is 0 Å². The Balaban J connectivity index is 1.82. The second-order valence-corrected chi connectivity index (χ2v) is 6.41. The SMILES string of the molecule is CCc1ccc(C(C)NC(=O)COC(=O)Cc2ccc(OC)c(OC)c2)cc1. The molecule has 0 aliphatic carbocycles. The highest BCUT2D eigenvalue weighted by molar-refractivity contribution is 5.81. The van der Waals surface area contributed by atoms with Crippen LogP contribution in [0.15, 0.2) is 42.5 Å². The summed E-state index contributed by atoms with van der Waals surface area (Å²) < 4.78 is 15.5. The minimum Gasteiger partial charge on any atom is -0.493 e. The van der Waals surface area contributed by atoms with Crippen molar-refractivity contribution in [2.75, 3.05) is 20.8 Å². The fourth-order valence-corrected chi connectivity index (χ4v) is 2.76. The molecule has 1 amide bonds. The van der Waals surface area contributed by atoms with E-state index in [1.165, 1.54) is 12.7 Å². The summed E-state index contributed by atoms with van der Waals surface area (Å²) in [5.41, 5.74) is 2.96. The number of carbonyl (C=O) groups excluding carboxylic acids is 2. The van der Waals surface area contributed by atoms with Gasteiger partial charge in [-0.05, 0) is 42.2 Å². The van der Waals surface area contributed by atoms with E-state index in [2.05, 4.69) is 12.2 Å². The summed E-state index contributed by atoms with van der Waals surface area (Å²) in [6.07, 6.45) is 1.01. The number of aryl methyl sites for hydroxylation is 1. The molecule has 2 aromatic rings. The van der Waals surface area contributed by atoms with Crippen LogP contribution in [0.2, 0.25) is 0 Å². The quantitative estimate of drug-likeness (QED) is 0.671. The number of carbonyl (C=O) groups is 2. The van der Waals surface area contributed by atoms with Crippen LogP contribution < -0.4 is 14.8 Å². The fourth-order valence-electron chi connectivity index (χ4n) is 2.76. The average Bonchev–Trinajstić information content (AvgIpc) is 2.72. The number of hydrogen-bond donors (Lipinski definition) is 1. The number of ether oxygens (including phenoxy) is 3. The van der Waals surface area contributed by atoms with Crippen LogP contribution >= 0.6 is 0 Å². The normalized spacial score (nSPS) is 11.4. The zero-order chi connectivity index (χ0) is 20.5. The van der Waals surface area contributed by atoms with E-state index in [1.54, 1.807) is 25.3 Å². The second kappa shape index (κ2) is 10.3. The molecule has 6 heteroatoms. The van der Waals surface area contributed by atoms with Gasteiger partial charge in [-0.15, -0.1) is 0 Å². The summed E-state index contributed by atoms with van der Waals surface area (Å²) in [5.74, 6) is 0.295. The van der Waals surface area contributed by atoms with Gasteiger partial charge >= 0.3 is 5.97 Å². The summed E-state index contributed by atoms with van der Waals surface area (Å²) in [4.78, 5) is 24.1. The smallest absolute Gasteiger partial charge is 0.310 e. The minimum absolute atomic E-state index is 0.0433. The molecule has 0 aliphatic heterocycles. The van der Waals surface area contributed by atoms with E-state index in [0.29, 0.717) is 17.1 Å². The highest BCUT2D eigenvalue weighted by Gasteiger charge is 2.13. The molecule has 28 heavy (non-hydrogen) atoms. The molecule has 0 radical (unpaired) electrons. The standard InChI is InChI=1S/C22H27NO5/c1-5-16-6-9-18(10-7-16)15(2)23-21(24)14-28-22(25)13-17-8-11-19(26-3)20(12-17)27-4/h6-12,15H,5,13-14H2,1-4H3,(H,23,24). The highest BCUT2D eigenvalue weighted by Crippen LogP contribution is 2.27. The van der Waals surface area contributed by atoms with Gasteiger partial charge in [-0.3, -0.25) is 9.59 Å². The van der Waals surface area contributed by atoms with Crippen LogP contribution in [0, 0.1) is 0 Å². The Labute approximate surface area is 165 Å². The largest absolute Gasteiger partial charge is 0.493 e. The average molecular weight is 385 g/mol. The van der Waals surface area contributed by atoms with Gasteiger partial charge in [0.2, 0.25) is 0 Å². The predicted octanol–water partition coefficient (Wildman–Crippen LogP) is 3.23. The van der Waals surface area contributed by atoms with Crippen molar-refractivity contribution in [3.8, 4) is 11.5 Å². The van der Waals surface area contributed by atoms with E-state index < -0.39 is 5.97 Å². The highest BCUT2D eigenvalue weighted by atomic mass is 16.5. The molecule has 0 bridgehead atoms. The van der Waals surface area contributed by atoms with Crippen molar-refractivity contribution in [2.24, 2.45) is 0 Å². The van der Waals surface area contributed by atoms with Crippen molar-refractivity contribution in [1.82, 2.24) is 5.32 Å². The predicted molar refractivity (Wildman–Crippen MR) is 107 cm³/mol. The Kier molecular flexibility index (Phi) is 7.87. The summed E-state index contributed by atoms with van der Waals surface area (Å²) in [6.45, 7) is 3.67. The number of nitrogens with one attached hydrogen (secondary N) is 1. The molecule has 2 rings (SSSR count). The number of methoxy groups -OCH3 is 2. The topological polar surface area (TPSA) is 73.9 Å². The van der Waals surface area contributed by atoms with E-state index in [9.17, 15) is 9.59 Å². The maximum absolute atomic E-state index is 12.1.